The summed E-state index contributed by atoms with van der Waals surface area (Å²) in [6.07, 6.45) is 4.57. The fraction of sp³-hybridized carbons (Fsp3) is 0.615. The second-order valence-electron chi connectivity index (χ2n) is 4.80. The van der Waals surface area contributed by atoms with E-state index in [0.29, 0.717) is 11.8 Å². The number of fused-ring (bicyclic) bond motifs is 1. The van der Waals surface area contributed by atoms with Crippen molar-refractivity contribution in [1.82, 2.24) is 9.78 Å². The van der Waals surface area contributed by atoms with E-state index in [0.717, 1.165) is 13.0 Å². The number of rotatable bonds is 2. The first-order chi connectivity index (χ1) is 7.63. The van der Waals surface area contributed by atoms with E-state index in [4.69, 9.17) is 11.6 Å². The van der Waals surface area contributed by atoms with Crippen LogP contribution in [0.25, 0.3) is 5.57 Å². The van der Waals surface area contributed by atoms with Gasteiger partial charge in [-0.2, -0.15) is 5.10 Å². The number of halogens is 1. The SMILES string of the molecule is CC(C)=C1CC[C@H](C)c2cn(CCCl)nc21. The molecule has 0 N–H and O–H groups in total. The van der Waals surface area contributed by atoms with Crippen LogP contribution in [0.5, 0.6) is 0 Å². The first kappa shape index (κ1) is 11.7. The second-order valence-corrected chi connectivity index (χ2v) is 5.18. The summed E-state index contributed by atoms with van der Waals surface area (Å²) in [6.45, 7) is 7.44. The molecule has 0 amide bonds. The molecule has 0 saturated heterocycles. The zero-order valence-corrected chi connectivity index (χ0v) is 11.0. The van der Waals surface area contributed by atoms with Crippen molar-refractivity contribution in [3.63, 3.8) is 0 Å². The summed E-state index contributed by atoms with van der Waals surface area (Å²) in [5.41, 5.74) is 5.43. The standard InChI is InChI=1S/C13H19ClN2/c1-9(2)11-5-4-10(3)12-8-16(7-6-14)15-13(11)12/h8,10H,4-7H2,1-3H3/t10-/m0/s1. The summed E-state index contributed by atoms with van der Waals surface area (Å²) in [6, 6.07) is 0. The van der Waals surface area contributed by atoms with E-state index in [1.165, 1.54) is 28.8 Å². The molecule has 88 valence electrons. The Balaban J connectivity index is 2.45. The zero-order valence-electron chi connectivity index (χ0n) is 10.3. The molecule has 1 aromatic heterocycles. The lowest BCUT2D eigenvalue weighted by Gasteiger charge is -2.20. The Hall–Kier alpha value is -0.760. The number of alkyl halides is 1. The number of hydrogen-bond acceptors (Lipinski definition) is 1. The first-order valence-electron chi connectivity index (χ1n) is 5.93. The van der Waals surface area contributed by atoms with Crippen molar-refractivity contribution in [3.05, 3.63) is 23.0 Å². The van der Waals surface area contributed by atoms with E-state index in [-0.39, 0.29) is 0 Å². The second kappa shape index (κ2) is 4.62. The largest absolute Gasteiger partial charge is 0.271 e. The quantitative estimate of drug-likeness (QED) is 0.717. The molecule has 16 heavy (non-hydrogen) atoms. The van der Waals surface area contributed by atoms with Gasteiger partial charge >= 0.3 is 0 Å². The smallest absolute Gasteiger partial charge is 0.0916 e. The van der Waals surface area contributed by atoms with Gasteiger partial charge in [0.15, 0.2) is 0 Å². The molecule has 3 heteroatoms. The molecular weight excluding hydrogens is 220 g/mol. The minimum atomic E-state index is 0.624. The van der Waals surface area contributed by atoms with Crippen LogP contribution in [-0.2, 0) is 6.54 Å². The third-order valence-corrected chi connectivity index (χ3v) is 3.52. The average molecular weight is 239 g/mol. The van der Waals surface area contributed by atoms with Crippen molar-refractivity contribution in [3.8, 4) is 0 Å². The molecule has 0 fully saturated rings. The molecule has 1 aliphatic carbocycles. The number of aromatic nitrogens is 2. The van der Waals surface area contributed by atoms with Gasteiger partial charge in [-0.05, 0) is 38.2 Å². The Morgan fingerprint density at radius 3 is 2.94 bits per heavy atom. The highest BCUT2D eigenvalue weighted by Crippen LogP contribution is 2.38. The molecule has 2 nitrogen and oxygen atoms in total. The first-order valence-corrected chi connectivity index (χ1v) is 6.47. The van der Waals surface area contributed by atoms with E-state index in [1.54, 1.807) is 0 Å². The van der Waals surface area contributed by atoms with Gasteiger partial charge in [0, 0.05) is 17.6 Å². The Kier molecular flexibility index (Phi) is 3.38. The molecule has 0 bridgehead atoms. The van der Waals surface area contributed by atoms with Crippen LogP contribution in [-0.4, -0.2) is 15.7 Å². The minimum Gasteiger partial charge on any atom is -0.271 e. The lowest BCUT2D eigenvalue weighted by molar-refractivity contribution is 0.661. The van der Waals surface area contributed by atoms with Crippen molar-refractivity contribution in [2.45, 2.75) is 46.1 Å². The molecule has 0 spiro atoms. The topological polar surface area (TPSA) is 17.8 Å². The molecule has 1 heterocycles. The number of allylic oxidation sites excluding steroid dienone is 2. The predicted octanol–water partition coefficient (Wildman–Crippen LogP) is 3.81. The number of aryl methyl sites for hydroxylation is 1. The van der Waals surface area contributed by atoms with Crippen molar-refractivity contribution in [2.24, 2.45) is 0 Å². The van der Waals surface area contributed by atoms with Crippen LogP contribution in [0.3, 0.4) is 0 Å². The van der Waals surface area contributed by atoms with Gasteiger partial charge in [0.1, 0.15) is 0 Å². The third kappa shape index (κ3) is 2.03. The molecule has 0 aromatic carbocycles. The molecular formula is C13H19ClN2. The van der Waals surface area contributed by atoms with E-state index >= 15 is 0 Å². The van der Waals surface area contributed by atoms with E-state index < -0.39 is 0 Å². The molecule has 0 radical (unpaired) electrons. The Bertz CT molecular complexity index is 414. The van der Waals surface area contributed by atoms with Crippen LogP contribution in [0.1, 0.15) is 50.8 Å². The number of hydrogen-bond donors (Lipinski definition) is 0. The van der Waals surface area contributed by atoms with Gasteiger partial charge in [-0.15, -0.1) is 11.6 Å². The summed E-state index contributed by atoms with van der Waals surface area (Å²) in [5, 5.41) is 4.67. The summed E-state index contributed by atoms with van der Waals surface area (Å²) >= 11 is 5.76. The Labute approximate surface area is 102 Å². The van der Waals surface area contributed by atoms with Crippen LogP contribution < -0.4 is 0 Å². The van der Waals surface area contributed by atoms with Gasteiger partial charge in [0.05, 0.1) is 12.2 Å². The van der Waals surface area contributed by atoms with Gasteiger partial charge in [-0.3, -0.25) is 4.68 Å². The van der Waals surface area contributed by atoms with Crippen LogP contribution in [0.15, 0.2) is 11.8 Å². The maximum atomic E-state index is 5.76. The molecule has 1 aromatic rings. The monoisotopic (exact) mass is 238 g/mol. The van der Waals surface area contributed by atoms with Crippen molar-refractivity contribution >= 4 is 17.2 Å². The number of nitrogens with zero attached hydrogens (tertiary/aromatic N) is 2. The van der Waals surface area contributed by atoms with E-state index in [9.17, 15) is 0 Å². The Morgan fingerprint density at radius 2 is 2.31 bits per heavy atom. The highest BCUT2D eigenvalue weighted by atomic mass is 35.5. The van der Waals surface area contributed by atoms with Gasteiger partial charge in [-0.25, -0.2) is 0 Å². The fourth-order valence-electron chi connectivity index (χ4n) is 2.35. The third-order valence-electron chi connectivity index (χ3n) is 3.35. The lowest BCUT2D eigenvalue weighted by atomic mass is 9.84. The summed E-state index contributed by atoms with van der Waals surface area (Å²) < 4.78 is 1.99. The highest BCUT2D eigenvalue weighted by molar-refractivity contribution is 6.17. The lowest BCUT2D eigenvalue weighted by Crippen LogP contribution is -2.05. The molecule has 2 rings (SSSR count). The van der Waals surface area contributed by atoms with Crippen molar-refractivity contribution < 1.29 is 0 Å². The zero-order chi connectivity index (χ0) is 11.7. The molecule has 0 unspecified atom stereocenters. The molecule has 0 aliphatic heterocycles. The van der Waals surface area contributed by atoms with Gasteiger partial charge < -0.3 is 0 Å². The van der Waals surface area contributed by atoms with E-state index in [1.807, 2.05) is 4.68 Å². The minimum absolute atomic E-state index is 0.624. The normalized spacial score (nSPS) is 19.8. The molecule has 0 saturated carbocycles. The van der Waals surface area contributed by atoms with E-state index in [2.05, 4.69) is 32.1 Å². The summed E-state index contributed by atoms with van der Waals surface area (Å²) in [4.78, 5) is 0. The summed E-state index contributed by atoms with van der Waals surface area (Å²) in [7, 11) is 0. The fourth-order valence-corrected chi connectivity index (χ4v) is 2.53. The maximum Gasteiger partial charge on any atom is 0.0916 e. The van der Waals surface area contributed by atoms with Gasteiger partial charge in [-0.1, -0.05) is 12.5 Å². The molecule has 1 aliphatic rings. The predicted molar refractivity (Wildman–Crippen MR) is 68.9 cm³/mol. The van der Waals surface area contributed by atoms with Gasteiger partial charge in [0.2, 0.25) is 0 Å². The highest BCUT2D eigenvalue weighted by Gasteiger charge is 2.24. The van der Waals surface area contributed by atoms with Crippen LogP contribution in [0.2, 0.25) is 0 Å². The maximum absolute atomic E-state index is 5.76. The van der Waals surface area contributed by atoms with Crippen molar-refractivity contribution in [1.29, 1.82) is 0 Å². The van der Waals surface area contributed by atoms with Crippen LogP contribution in [0.4, 0.5) is 0 Å². The van der Waals surface area contributed by atoms with Crippen LogP contribution >= 0.6 is 11.6 Å². The average Bonchev–Trinajstić information content (AvgIpc) is 2.62. The van der Waals surface area contributed by atoms with Crippen LogP contribution in [0, 0.1) is 0 Å². The Morgan fingerprint density at radius 1 is 1.56 bits per heavy atom. The van der Waals surface area contributed by atoms with Gasteiger partial charge in [0.25, 0.3) is 0 Å². The molecule has 1 atom stereocenters. The summed E-state index contributed by atoms with van der Waals surface area (Å²) in [5.74, 6) is 1.25. The van der Waals surface area contributed by atoms with Crippen molar-refractivity contribution in [2.75, 3.05) is 5.88 Å².